The van der Waals surface area contributed by atoms with Gasteiger partial charge >= 0.3 is 0 Å². The highest BCUT2D eigenvalue weighted by Gasteiger charge is 2.32. The Morgan fingerprint density at radius 2 is 1.96 bits per heavy atom. The molecule has 0 spiro atoms. The first kappa shape index (κ1) is 20.4. The molecule has 1 atom stereocenters. The number of hydrogen-bond acceptors (Lipinski definition) is 4. The fourth-order valence-corrected chi connectivity index (χ4v) is 4.11. The van der Waals surface area contributed by atoms with E-state index in [0.29, 0.717) is 23.6 Å². The van der Waals surface area contributed by atoms with Gasteiger partial charge in [0.15, 0.2) is 0 Å². The quantitative estimate of drug-likeness (QED) is 0.626. The Bertz CT molecular complexity index is 871. The normalized spacial score (nSPS) is 16.0. The molecule has 0 aliphatic carbocycles. The summed E-state index contributed by atoms with van der Waals surface area (Å²) in [4.78, 5) is 27.0. The maximum Gasteiger partial charge on any atom is 0.252 e. The molecule has 1 fully saturated rings. The van der Waals surface area contributed by atoms with Crippen LogP contribution >= 0.6 is 22.6 Å². The minimum atomic E-state index is -0.240. The van der Waals surface area contributed by atoms with Crippen LogP contribution in [0.4, 0.5) is 0 Å². The third-order valence-corrected chi connectivity index (χ3v) is 5.83. The molecule has 0 radical (unpaired) electrons. The first-order valence-corrected chi connectivity index (χ1v) is 10.2. The maximum absolute atomic E-state index is 12.8. The van der Waals surface area contributed by atoms with Gasteiger partial charge in [0.25, 0.3) is 5.91 Å². The van der Waals surface area contributed by atoms with Crippen LogP contribution in [0.25, 0.3) is 0 Å². The molecular formula is C21H23IN2O4. The molecule has 0 bridgehead atoms. The molecule has 6 nitrogen and oxygen atoms in total. The van der Waals surface area contributed by atoms with Crippen molar-refractivity contribution in [1.82, 2.24) is 10.2 Å². The van der Waals surface area contributed by atoms with Gasteiger partial charge < -0.3 is 19.7 Å². The number of carbonyl (C=O) groups is 2. The fourth-order valence-electron chi connectivity index (χ4n) is 3.48. The number of nitrogens with one attached hydrogen (secondary N) is 1. The smallest absolute Gasteiger partial charge is 0.252 e. The van der Waals surface area contributed by atoms with Crippen LogP contribution in [0.15, 0.2) is 42.5 Å². The van der Waals surface area contributed by atoms with Gasteiger partial charge in [-0.1, -0.05) is 12.1 Å². The van der Waals surface area contributed by atoms with Crippen molar-refractivity contribution in [2.75, 3.05) is 27.3 Å². The minimum absolute atomic E-state index is 0.0290. The van der Waals surface area contributed by atoms with Crippen LogP contribution in [0.1, 0.15) is 34.8 Å². The number of likely N-dealkylation sites (tertiary alicyclic amines) is 1. The van der Waals surface area contributed by atoms with Crippen LogP contribution in [0.5, 0.6) is 11.5 Å². The Morgan fingerprint density at radius 3 is 2.68 bits per heavy atom. The highest BCUT2D eigenvalue weighted by atomic mass is 127. The average molecular weight is 494 g/mol. The highest BCUT2D eigenvalue weighted by molar-refractivity contribution is 14.1. The number of carbonyl (C=O) groups excluding carboxylic acids is 2. The van der Waals surface area contributed by atoms with Gasteiger partial charge in [-0.2, -0.15) is 0 Å². The van der Waals surface area contributed by atoms with Crippen molar-refractivity contribution >= 4 is 34.4 Å². The van der Waals surface area contributed by atoms with E-state index in [2.05, 4.69) is 27.9 Å². The molecule has 1 heterocycles. The van der Waals surface area contributed by atoms with Crippen molar-refractivity contribution in [2.45, 2.75) is 18.9 Å². The molecule has 2 amide bonds. The predicted octanol–water partition coefficient (Wildman–Crippen LogP) is 3.40. The van der Waals surface area contributed by atoms with Crippen LogP contribution in [0.2, 0.25) is 0 Å². The standard InChI is InChI=1S/C21H23IN2O4/c1-27-14-9-10-16(19(12-14)28-2)18-8-5-11-24(18)20(25)13-23-21(26)15-6-3-4-7-17(15)22/h3-4,6-7,9-10,12,18H,5,8,11,13H2,1-2H3,(H,23,26). The van der Waals surface area contributed by atoms with Crippen molar-refractivity contribution in [2.24, 2.45) is 0 Å². The number of methoxy groups -OCH3 is 2. The molecular weight excluding hydrogens is 471 g/mol. The van der Waals surface area contributed by atoms with E-state index in [1.807, 2.05) is 41.3 Å². The topological polar surface area (TPSA) is 67.9 Å². The summed E-state index contributed by atoms with van der Waals surface area (Å²) in [5, 5.41) is 2.75. The van der Waals surface area contributed by atoms with Gasteiger partial charge in [0.1, 0.15) is 11.5 Å². The van der Waals surface area contributed by atoms with Gasteiger partial charge in [-0.05, 0) is 59.7 Å². The summed E-state index contributed by atoms with van der Waals surface area (Å²) in [5.41, 5.74) is 1.53. The first-order valence-electron chi connectivity index (χ1n) is 9.09. The Morgan fingerprint density at radius 1 is 1.18 bits per heavy atom. The zero-order chi connectivity index (χ0) is 20.1. The SMILES string of the molecule is COc1ccc(C2CCCN2C(=O)CNC(=O)c2ccccc2I)c(OC)c1. The van der Waals surface area contributed by atoms with Gasteiger partial charge in [0.2, 0.25) is 5.91 Å². The minimum Gasteiger partial charge on any atom is -0.497 e. The first-order chi connectivity index (χ1) is 13.5. The molecule has 28 heavy (non-hydrogen) atoms. The van der Waals surface area contributed by atoms with Gasteiger partial charge in [-0.15, -0.1) is 0 Å². The second kappa shape index (κ2) is 9.27. The summed E-state index contributed by atoms with van der Waals surface area (Å²) in [6.45, 7) is 0.635. The van der Waals surface area contributed by atoms with E-state index in [1.54, 1.807) is 20.3 Å². The van der Waals surface area contributed by atoms with Crippen LogP contribution in [0.3, 0.4) is 0 Å². The van der Waals surface area contributed by atoms with Gasteiger partial charge in [-0.3, -0.25) is 9.59 Å². The van der Waals surface area contributed by atoms with Gasteiger partial charge in [-0.25, -0.2) is 0 Å². The summed E-state index contributed by atoms with van der Waals surface area (Å²) in [7, 11) is 3.22. The third-order valence-electron chi connectivity index (χ3n) is 4.89. The van der Waals surface area contributed by atoms with Crippen LogP contribution < -0.4 is 14.8 Å². The van der Waals surface area contributed by atoms with E-state index in [0.717, 1.165) is 22.0 Å². The molecule has 3 rings (SSSR count). The summed E-state index contributed by atoms with van der Waals surface area (Å²) in [6, 6.07) is 12.9. The number of amides is 2. The van der Waals surface area contributed by atoms with Crippen LogP contribution in [0, 0.1) is 3.57 Å². The summed E-state index contributed by atoms with van der Waals surface area (Å²) in [5.74, 6) is 1.07. The molecule has 148 valence electrons. The van der Waals surface area contributed by atoms with E-state index in [1.165, 1.54) is 0 Å². The number of benzene rings is 2. The van der Waals surface area contributed by atoms with Crippen molar-refractivity contribution in [3.63, 3.8) is 0 Å². The molecule has 2 aromatic rings. The summed E-state index contributed by atoms with van der Waals surface area (Å²) >= 11 is 2.11. The third kappa shape index (κ3) is 4.40. The average Bonchev–Trinajstić information content (AvgIpc) is 3.21. The second-order valence-corrected chi connectivity index (χ2v) is 7.68. The van der Waals surface area contributed by atoms with Crippen molar-refractivity contribution in [1.29, 1.82) is 0 Å². The van der Waals surface area contributed by atoms with E-state index in [-0.39, 0.29) is 24.4 Å². The van der Waals surface area contributed by atoms with Crippen molar-refractivity contribution in [3.8, 4) is 11.5 Å². The number of ether oxygens (including phenoxy) is 2. The molecule has 1 N–H and O–H groups in total. The molecule has 1 unspecified atom stereocenters. The van der Waals surface area contributed by atoms with Crippen LogP contribution in [-0.4, -0.2) is 44.0 Å². The molecule has 2 aromatic carbocycles. The Balaban J connectivity index is 1.70. The number of halogens is 1. The van der Waals surface area contributed by atoms with Crippen molar-refractivity contribution in [3.05, 3.63) is 57.2 Å². The molecule has 1 saturated heterocycles. The number of rotatable bonds is 6. The maximum atomic E-state index is 12.8. The monoisotopic (exact) mass is 494 g/mol. The number of hydrogen-bond donors (Lipinski definition) is 1. The van der Waals surface area contributed by atoms with Gasteiger partial charge in [0, 0.05) is 21.7 Å². The van der Waals surface area contributed by atoms with E-state index >= 15 is 0 Å². The lowest BCUT2D eigenvalue weighted by Crippen LogP contribution is -2.40. The molecule has 1 aliphatic rings. The highest BCUT2D eigenvalue weighted by Crippen LogP contribution is 2.38. The lowest BCUT2D eigenvalue weighted by molar-refractivity contribution is -0.131. The second-order valence-electron chi connectivity index (χ2n) is 6.52. The molecule has 7 heteroatoms. The summed E-state index contributed by atoms with van der Waals surface area (Å²) < 4.78 is 11.6. The lowest BCUT2D eigenvalue weighted by atomic mass is 10.0. The zero-order valence-electron chi connectivity index (χ0n) is 15.9. The van der Waals surface area contributed by atoms with Gasteiger partial charge in [0.05, 0.1) is 32.4 Å². The van der Waals surface area contributed by atoms with E-state index in [9.17, 15) is 9.59 Å². The van der Waals surface area contributed by atoms with E-state index in [4.69, 9.17) is 9.47 Å². The number of nitrogens with zero attached hydrogens (tertiary/aromatic N) is 1. The van der Waals surface area contributed by atoms with E-state index < -0.39 is 0 Å². The predicted molar refractivity (Wildman–Crippen MR) is 115 cm³/mol. The Labute approximate surface area is 178 Å². The molecule has 0 aromatic heterocycles. The summed E-state index contributed by atoms with van der Waals surface area (Å²) in [6.07, 6.45) is 1.77. The Hall–Kier alpha value is -2.29. The molecule has 0 saturated carbocycles. The fraction of sp³-hybridized carbons (Fsp3) is 0.333. The zero-order valence-corrected chi connectivity index (χ0v) is 18.1. The lowest BCUT2D eigenvalue weighted by Gasteiger charge is -2.26. The van der Waals surface area contributed by atoms with Crippen LogP contribution in [-0.2, 0) is 4.79 Å². The molecule has 1 aliphatic heterocycles. The largest absolute Gasteiger partial charge is 0.497 e. The Kier molecular flexibility index (Phi) is 6.77. The van der Waals surface area contributed by atoms with Crippen molar-refractivity contribution < 1.29 is 19.1 Å².